The van der Waals surface area contributed by atoms with Crippen LogP contribution in [0, 0.1) is 0 Å². The van der Waals surface area contributed by atoms with Gasteiger partial charge in [-0.15, -0.1) is 24.0 Å². The second-order valence-electron chi connectivity index (χ2n) is 4.80. The molecule has 1 amide bonds. The van der Waals surface area contributed by atoms with Crippen LogP contribution in [0.2, 0.25) is 0 Å². The van der Waals surface area contributed by atoms with Crippen molar-refractivity contribution in [1.29, 1.82) is 0 Å². The third kappa shape index (κ3) is 8.81. The van der Waals surface area contributed by atoms with Crippen LogP contribution in [-0.2, 0) is 11.3 Å². The first kappa shape index (κ1) is 20.6. The summed E-state index contributed by atoms with van der Waals surface area (Å²) in [4.78, 5) is 20.0. The van der Waals surface area contributed by atoms with Gasteiger partial charge in [0.25, 0.3) is 0 Å². The lowest BCUT2D eigenvalue weighted by atomic mass is 10.2. The van der Waals surface area contributed by atoms with Crippen LogP contribution in [0.3, 0.4) is 0 Å². The minimum atomic E-state index is 0. The molecule has 7 heteroatoms. The number of rotatable bonds is 7. The van der Waals surface area contributed by atoms with Crippen LogP contribution in [0.5, 0.6) is 0 Å². The Balaban J connectivity index is 0.00000441. The van der Waals surface area contributed by atoms with E-state index >= 15 is 0 Å². The molecule has 1 unspecified atom stereocenters. The molecule has 22 heavy (non-hydrogen) atoms. The Morgan fingerprint density at radius 1 is 1.36 bits per heavy atom. The summed E-state index contributed by atoms with van der Waals surface area (Å²) in [5.74, 6) is 0.717. The molecule has 3 N–H and O–H groups in total. The molecule has 0 aromatic carbocycles. The molecule has 0 aliphatic carbocycles. The average Bonchev–Trinajstić information content (AvgIpc) is 2.51. The molecule has 0 aliphatic heterocycles. The van der Waals surface area contributed by atoms with Gasteiger partial charge in [0.05, 0.1) is 12.2 Å². The summed E-state index contributed by atoms with van der Waals surface area (Å²) in [5.41, 5.74) is 0.940. The van der Waals surface area contributed by atoms with Crippen molar-refractivity contribution >= 4 is 35.8 Å². The fourth-order valence-electron chi connectivity index (χ4n) is 1.64. The molecule has 0 radical (unpaired) electrons. The lowest BCUT2D eigenvalue weighted by Gasteiger charge is -2.13. The van der Waals surface area contributed by atoms with Crippen molar-refractivity contribution in [2.24, 2.45) is 4.99 Å². The summed E-state index contributed by atoms with van der Waals surface area (Å²) in [6.07, 6.45) is 3.12. The van der Waals surface area contributed by atoms with Crippen LogP contribution < -0.4 is 16.0 Å². The highest BCUT2D eigenvalue weighted by molar-refractivity contribution is 14.0. The van der Waals surface area contributed by atoms with Gasteiger partial charge in [0.2, 0.25) is 5.91 Å². The summed E-state index contributed by atoms with van der Waals surface area (Å²) >= 11 is 0. The summed E-state index contributed by atoms with van der Waals surface area (Å²) in [6, 6.07) is 5.99. The number of aliphatic imine (C=N–C) groups is 1. The van der Waals surface area contributed by atoms with Gasteiger partial charge in [-0.25, -0.2) is 0 Å². The fourth-order valence-corrected chi connectivity index (χ4v) is 1.64. The van der Waals surface area contributed by atoms with E-state index in [4.69, 9.17) is 0 Å². The van der Waals surface area contributed by atoms with E-state index in [2.05, 4.69) is 25.9 Å². The number of nitrogens with zero attached hydrogens (tertiary/aromatic N) is 2. The van der Waals surface area contributed by atoms with Gasteiger partial charge in [-0.2, -0.15) is 0 Å². The van der Waals surface area contributed by atoms with Crippen molar-refractivity contribution in [3.8, 4) is 0 Å². The highest BCUT2D eigenvalue weighted by Crippen LogP contribution is 1.92. The first-order valence-electron chi connectivity index (χ1n) is 7.29. The van der Waals surface area contributed by atoms with Crippen LogP contribution in [0.25, 0.3) is 0 Å². The number of halogens is 1. The van der Waals surface area contributed by atoms with Gasteiger partial charge in [0.1, 0.15) is 0 Å². The van der Waals surface area contributed by atoms with Crippen molar-refractivity contribution in [2.75, 3.05) is 13.6 Å². The monoisotopic (exact) mass is 419 g/mol. The fraction of sp³-hybridized carbons (Fsp3) is 0.533. The summed E-state index contributed by atoms with van der Waals surface area (Å²) in [5, 5.41) is 9.20. The Bertz CT molecular complexity index is 453. The Morgan fingerprint density at radius 2 is 2.14 bits per heavy atom. The highest BCUT2D eigenvalue weighted by Gasteiger charge is 2.05. The van der Waals surface area contributed by atoms with Gasteiger partial charge in [-0.3, -0.25) is 14.8 Å². The topological polar surface area (TPSA) is 78.4 Å². The molecule has 0 fully saturated rings. The van der Waals surface area contributed by atoms with Crippen molar-refractivity contribution < 1.29 is 4.79 Å². The molecular formula is C15H26IN5O. The molecule has 0 spiro atoms. The number of hydrogen-bond acceptors (Lipinski definition) is 3. The van der Waals surface area contributed by atoms with Crippen molar-refractivity contribution in [2.45, 2.75) is 39.3 Å². The molecule has 1 aromatic heterocycles. The van der Waals surface area contributed by atoms with E-state index in [1.54, 1.807) is 13.2 Å². The van der Waals surface area contributed by atoms with Crippen LogP contribution in [-0.4, -0.2) is 36.5 Å². The van der Waals surface area contributed by atoms with Gasteiger partial charge in [-0.05, 0) is 25.5 Å². The van der Waals surface area contributed by atoms with E-state index in [0.29, 0.717) is 25.5 Å². The maximum Gasteiger partial charge on any atom is 0.221 e. The first-order valence-corrected chi connectivity index (χ1v) is 7.29. The summed E-state index contributed by atoms with van der Waals surface area (Å²) < 4.78 is 0. The third-order valence-corrected chi connectivity index (χ3v) is 3.05. The number of amides is 1. The lowest BCUT2D eigenvalue weighted by Crippen LogP contribution is -2.40. The SMILES string of the molecule is CCC(C)NC(=O)CCNC(=NC)NCc1ccccn1.I. The van der Waals surface area contributed by atoms with Crippen molar-refractivity contribution in [1.82, 2.24) is 20.9 Å². The van der Waals surface area contributed by atoms with Gasteiger partial charge in [0.15, 0.2) is 5.96 Å². The standard InChI is InChI=1S/C15H25N5O.HI/c1-4-12(2)20-14(21)8-10-18-15(16-3)19-11-13-7-5-6-9-17-13;/h5-7,9,12H,4,8,10-11H2,1-3H3,(H,20,21)(H2,16,18,19);1H. The zero-order valence-electron chi connectivity index (χ0n) is 13.4. The Hall–Kier alpha value is -1.38. The molecule has 0 aliphatic rings. The molecule has 0 bridgehead atoms. The molecule has 1 aromatic rings. The third-order valence-electron chi connectivity index (χ3n) is 3.05. The van der Waals surface area contributed by atoms with E-state index < -0.39 is 0 Å². The van der Waals surface area contributed by atoms with E-state index in [9.17, 15) is 4.79 Å². The van der Waals surface area contributed by atoms with Gasteiger partial charge in [-0.1, -0.05) is 13.0 Å². The maximum atomic E-state index is 11.6. The lowest BCUT2D eigenvalue weighted by molar-refractivity contribution is -0.121. The minimum absolute atomic E-state index is 0. The van der Waals surface area contributed by atoms with Crippen molar-refractivity contribution in [3.05, 3.63) is 30.1 Å². The Morgan fingerprint density at radius 3 is 2.73 bits per heavy atom. The Kier molecular flexibility index (Phi) is 11.4. The van der Waals surface area contributed by atoms with E-state index in [0.717, 1.165) is 12.1 Å². The largest absolute Gasteiger partial charge is 0.356 e. The first-order chi connectivity index (χ1) is 10.2. The maximum absolute atomic E-state index is 11.6. The predicted molar refractivity (Wildman–Crippen MR) is 100 cm³/mol. The quantitative estimate of drug-likeness (QED) is 0.357. The molecule has 1 heterocycles. The van der Waals surface area contributed by atoms with Crippen LogP contribution >= 0.6 is 24.0 Å². The zero-order valence-corrected chi connectivity index (χ0v) is 15.8. The second kappa shape index (κ2) is 12.2. The number of pyridine rings is 1. The van der Waals surface area contributed by atoms with Crippen LogP contribution in [0.15, 0.2) is 29.4 Å². The van der Waals surface area contributed by atoms with Gasteiger partial charge < -0.3 is 16.0 Å². The van der Waals surface area contributed by atoms with E-state index in [1.165, 1.54) is 0 Å². The molecule has 124 valence electrons. The molecule has 0 saturated heterocycles. The second-order valence-corrected chi connectivity index (χ2v) is 4.80. The predicted octanol–water partition coefficient (Wildman–Crippen LogP) is 1.67. The van der Waals surface area contributed by atoms with E-state index in [1.807, 2.05) is 32.0 Å². The normalized spacial score (nSPS) is 12.0. The van der Waals surface area contributed by atoms with Crippen LogP contribution in [0.1, 0.15) is 32.4 Å². The number of carbonyl (C=O) groups is 1. The minimum Gasteiger partial charge on any atom is -0.356 e. The number of aromatic nitrogens is 1. The highest BCUT2D eigenvalue weighted by atomic mass is 127. The molecule has 0 saturated carbocycles. The molecular weight excluding hydrogens is 393 g/mol. The number of hydrogen-bond donors (Lipinski definition) is 3. The van der Waals surface area contributed by atoms with E-state index in [-0.39, 0.29) is 35.9 Å². The molecule has 1 atom stereocenters. The molecule has 6 nitrogen and oxygen atoms in total. The average molecular weight is 419 g/mol. The van der Waals surface area contributed by atoms with Crippen molar-refractivity contribution in [3.63, 3.8) is 0 Å². The zero-order chi connectivity index (χ0) is 15.5. The number of guanidine groups is 1. The van der Waals surface area contributed by atoms with Gasteiger partial charge >= 0.3 is 0 Å². The number of nitrogens with one attached hydrogen (secondary N) is 3. The molecule has 1 rings (SSSR count). The summed E-state index contributed by atoms with van der Waals surface area (Å²) in [6.45, 7) is 5.19. The van der Waals surface area contributed by atoms with Crippen LogP contribution in [0.4, 0.5) is 0 Å². The number of carbonyl (C=O) groups excluding carboxylic acids is 1. The van der Waals surface area contributed by atoms with Gasteiger partial charge in [0, 0.05) is 32.3 Å². The Labute approximate surface area is 149 Å². The summed E-state index contributed by atoms with van der Waals surface area (Å²) in [7, 11) is 1.70. The smallest absolute Gasteiger partial charge is 0.221 e.